The fraction of sp³-hybridized carbons (Fsp3) is 0.217. The number of carbonyl (C=O) groups excluding carboxylic acids is 2. The largest absolute Gasteiger partial charge is 0.483 e. The summed E-state index contributed by atoms with van der Waals surface area (Å²) in [5.41, 5.74) is 4.33. The van der Waals surface area contributed by atoms with Crippen LogP contribution in [0.2, 0.25) is 0 Å². The number of nitrogens with zero attached hydrogens (tertiary/aromatic N) is 5. The first-order valence-corrected chi connectivity index (χ1v) is 9.73. The predicted molar refractivity (Wildman–Crippen MR) is 117 cm³/mol. The molecule has 31 heavy (non-hydrogen) atoms. The van der Waals surface area contributed by atoms with Gasteiger partial charge in [-0.25, -0.2) is 19.9 Å². The van der Waals surface area contributed by atoms with Crippen LogP contribution >= 0.6 is 0 Å². The number of carbonyl (C=O) groups is 2. The van der Waals surface area contributed by atoms with Crippen LogP contribution in [0.4, 0.5) is 5.82 Å². The fourth-order valence-electron chi connectivity index (χ4n) is 3.19. The van der Waals surface area contributed by atoms with Crippen molar-refractivity contribution < 1.29 is 14.3 Å². The molecule has 8 nitrogen and oxygen atoms in total. The first kappa shape index (κ1) is 20.3. The van der Waals surface area contributed by atoms with E-state index in [0.29, 0.717) is 17.3 Å². The van der Waals surface area contributed by atoms with Gasteiger partial charge in [-0.3, -0.25) is 14.5 Å². The summed E-state index contributed by atoms with van der Waals surface area (Å²) in [5.74, 6) is -0.416. The lowest BCUT2D eigenvalue weighted by atomic mass is 10.1. The second-order valence-corrected chi connectivity index (χ2v) is 7.44. The zero-order valence-corrected chi connectivity index (χ0v) is 17.7. The smallest absolute Gasteiger partial charge is 0.315 e. The molecule has 1 aromatic carbocycles. The first-order chi connectivity index (χ1) is 14.8. The molecule has 2 amide bonds. The average Bonchev–Trinajstić information content (AvgIpc) is 2.86. The van der Waals surface area contributed by atoms with Crippen molar-refractivity contribution in [1.82, 2.24) is 15.0 Å². The number of aryl methyl sites for hydroxylation is 3. The van der Waals surface area contributed by atoms with Crippen molar-refractivity contribution in [3.63, 3.8) is 0 Å². The summed E-state index contributed by atoms with van der Waals surface area (Å²) in [6.45, 7) is 5.60. The summed E-state index contributed by atoms with van der Waals surface area (Å²) in [6.07, 6.45) is 3.22. The quantitative estimate of drug-likeness (QED) is 0.638. The molecule has 0 aliphatic carbocycles. The zero-order valence-electron chi connectivity index (χ0n) is 17.7. The Kier molecular flexibility index (Phi) is 5.29. The molecule has 0 spiro atoms. The van der Waals surface area contributed by atoms with Gasteiger partial charge < -0.3 is 4.74 Å². The summed E-state index contributed by atoms with van der Waals surface area (Å²) in [5, 5.41) is 0. The molecule has 1 aliphatic rings. The molecule has 0 saturated heterocycles. The van der Waals surface area contributed by atoms with Crippen LogP contribution in [-0.2, 0) is 4.79 Å². The van der Waals surface area contributed by atoms with E-state index in [4.69, 9.17) is 4.74 Å². The minimum Gasteiger partial charge on any atom is -0.483 e. The van der Waals surface area contributed by atoms with Gasteiger partial charge in [0.2, 0.25) is 5.82 Å². The third kappa shape index (κ3) is 4.05. The number of benzene rings is 1. The van der Waals surface area contributed by atoms with Crippen LogP contribution < -0.4 is 9.64 Å². The molecule has 0 bridgehead atoms. The van der Waals surface area contributed by atoms with Gasteiger partial charge >= 0.3 is 5.91 Å². The van der Waals surface area contributed by atoms with Crippen LogP contribution in [0.3, 0.4) is 0 Å². The van der Waals surface area contributed by atoms with Crippen molar-refractivity contribution in [2.75, 3.05) is 18.6 Å². The average molecular weight is 415 g/mol. The topological polar surface area (TPSA) is 97.6 Å². The molecule has 0 radical (unpaired) electrons. The van der Waals surface area contributed by atoms with E-state index in [0.717, 1.165) is 22.3 Å². The molecule has 4 rings (SSSR count). The van der Waals surface area contributed by atoms with Crippen molar-refractivity contribution in [2.45, 2.75) is 20.8 Å². The fourth-order valence-corrected chi connectivity index (χ4v) is 3.19. The zero-order chi connectivity index (χ0) is 22.1. The number of hydrogen-bond donors (Lipinski definition) is 0. The lowest BCUT2D eigenvalue weighted by Crippen LogP contribution is -2.35. The van der Waals surface area contributed by atoms with E-state index in [-0.39, 0.29) is 18.1 Å². The number of hydrogen-bond acceptors (Lipinski definition) is 6. The third-order valence-corrected chi connectivity index (χ3v) is 4.93. The highest BCUT2D eigenvalue weighted by Crippen LogP contribution is 2.28. The Hall–Kier alpha value is -3.94. The maximum Gasteiger partial charge on any atom is 0.315 e. The summed E-state index contributed by atoms with van der Waals surface area (Å²) >= 11 is 0. The molecule has 3 aromatic rings. The Labute approximate surface area is 179 Å². The first-order valence-electron chi connectivity index (χ1n) is 9.73. The van der Waals surface area contributed by atoms with Crippen LogP contribution in [0.15, 0.2) is 47.7 Å². The molecular formula is C23H21N5O3. The van der Waals surface area contributed by atoms with Gasteiger partial charge in [-0.05, 0) is 38.0 Å². The predicted octanol–water partition coefficient (Wildman–Crippen LogP) is 3.10. The number of ether oxygens (including phenoxy) is 1. The van der Waals surface area contributed by atoms with Crippen LogP contribution in [0.1, 0.15) is 27.3 Å². The minimum atomic E-state index is -0.705. The normalized spacial score (nSPS) is 14.8. The molecule has 2 aromatic heterocycles. The molecule has 0 unspecified atom stereocenters. The lowest BCUT2D eigenvalue weighted by molar-refractivity contribution is -0.112. The number of amides is 2. The second-order valence-electron chi connectivity index (χ2n) is 7.44. The highest BCUT2D eigenvalue weighted by molar-refractivity contribution is 6.46. The number of aromatic nitrogens is 3. The van der Waals surface area contributed by atoms with E-state index in [1.807, 2.05) is 45.0 Å². The summed E-state index contributed by atoms with van der Waals surface area (Å²) in [6, 6.07) is 9.61. The Balaban J connectivity index is 1.65. The Bertz CT molecular complexity index is 1220. The molecule has 1 aliphatic heterocycles. The highest BCUT2D eigenvalue weighted by atomic mass is 16.5. The van der Waals surface area contributed by atoms with Crippen LogP contribution in [0.5, 0.6) is 5.75 Å². The Morgan fingerprint density at radius 2 is 1.81 bits per heavy atom. The van der Waals surface area contributed by atoms with Crippen LogP contribution in [0, 0.1) is 20.8 Å². The molecule has 0 atom stereocenters. The molecule has 0 saturated carbocycles. The number of fused-ring (bicyclic) bond motifs is 1. The summed E-state index contributed by atoms with van der Waals surface area (Å²) < 4.78 is 5.69. The standard InChI is InChI=1S/C23H21N5O3/c1-13-5-7-16(8-6-13)19-15(3)11-24-20(27-19)22(29)26-17-12-31-18-9-14(2)10-25-21(18)28(4)23(17)30/h5-11H,12H2,1-4H3. The van der Waals surface area contributed by atoms with Crippen molar-refractivity contribution in [2.24, 2.45) is 4.99 Å². The third-order valence-electron chi connectivity index (χ3n) is 4.93. The molecular weight excluding hydrogens is 394 g/mol. The highest BCUT2D eigenvalue weighted by Gasteiger charge is 2.28. The van der Waals surface area contributed by atoms with Crippen molar-refractivity contribution >= 4 is 23.3 Å². The van der Waals surface area contributed by atoms with E-state index in [1.54, 1.807) is 25.5 Å². The van der Waals surface area contributed by atoms with Crippen molar-refractivity contribution in [3.8, 4) is 17.0 Å². The molecule has 156 valence electrons. The van der Waals surface area contributed by atoms with Gasteiger partial charge in [0.05, 0.1) is 5.69 Å². The molecule has 8 heteroatoms. The van der Waals surface area contributed by atoms with E-state index in [1.165, 1.54) is 4.90 Å². The van der Waals surface area contributed by atoms with Gasteiger partial charge in [0.25, 0.3) is 5.91 Å². The van der Waals surface area contributed by atoms with E-state index in [2.05, 4.69) is 19.9 Å². The maximum absolute atomic E-state index is 12.8. The van der Waals surface area contributed by atoms with Gasteiger partial charge in [0.1, 0.15) is 12.3 Å². The van der Waals surface area contributed by atoms with Gasteiger partial charge in [0.15, 0.2) is 11.6 Å². The Morgan fingerprint density at radius 1 is 1.06 bits per heavy atom. The van der Waals surface area contributed by atoms with Gasteiger partial charge in [0, 0.05) is 25.0 Å². The van der Waals surface area contributed by atoms with Crippen molar-refractivity contribution in [1.29, 1.82) is 0 Å². The SMILES string of the molecule is Cc1ccc(-c2nc(C(=O)N=C3COc4cc(C)cnc4N(C)C3=O)ncc2C)cc1. The van der Waals surface area contributed by atoms with Crippen molar-refractivity contribution in [3.05, 3.63) is 65.2 Å². The van der Waals surface area contributed by atoms with E-state index >= 15 is 0 Å². The molecule has 3 heterocycles. The number of aliphatic imine (C=N–C) groups is 1. The summed E-state index contributed by atoms with van der Waals surface area (Å²) in [4.78, 5) is 43.7. The number of anilines is 1. The summed E-state index contributed by atoms with van der Waals surface area (Å²) in [7, 11) is 1.57. The second kappa shape index (κ2) is 8.06. The monoisotopic (exact) mass is 415 g/mol. The van der Waals surface area contributed by atoms with E-state index in [9.17, 15) is 9.59 Å². The van der Waals surface area contributed by atoms with Gasteiger partial charge in [-0.15, -0.1) is 0 Å². The van der Waals surface area contributed by atoms with E-state index < -0.39 is 11.8 Å². The molecule has 0 N–H and O–H groups in total. The molecule has 0 fully saturated rings. The van der Waals surface area contributed by atoms with Gasteiger partial charge in [-0.2, -0.15) is 0 Å². The number of rotatable bonds is 2. The number of pyridine rings is 1. The lowest BCUT2D eigenvalue weighted by Gasteiger charge is -2.14. The maximum atomic E-state index is 12.8. The van der Waals surface area contributed by atoms with Crippen LogP contribution in [0.25, 0.3) is 11.3 Å². The minimum absolute atomic E-state index is 0.0378. The van der Waals surface area contributed by atoms with Crippen LogP contribution in [-0.4, -0.2) is 46.1 Å². The van der Waals surface area contributed by atoms with Gasteiger partial charge in [-0.1, -0.05) is 29.8 Å². The Morgan fingerprint density at radius 3 is 2.55 bits per heavy atom.